The number of aromatic nitrogens is 2. The molecule has 0 unspecified atom stereocenters. The lowest BCUT2D eigenvalue weighted by atomic mass is 10.2. The molecule has 0 atom stereocenters. The van der Waals surface area contributed by atoms with Gasteiger partial charge in [0.05, 0.1) is 0 Å². The monoisotopic (exact) mass is 260 g/mol. The Hall–Kier alpha value is -2.17. The smallest absolute Gasteiger partial charge is 0.136 e. The second-order valence-corrected chi connectivity index (χ2v) is 4.43. The lowest BCUT2D eigenvalue weighted by molar-refractivity contribution is 0.619. The van der Waals surface area contributed by atoms with E-state index >= 15 is 0 Å². The maximum Gasteiger partial charge on any atom is 0.136 e. The molecular weight excluding hydrogens is 243 g/mol. The highest BCUT2D eigenvalue weighted by Gasteiger charge is 2.04. The van der Waals surface area contributed by atoms with E-state index in [9.17, 15) is 4.39 Å². The molecule has 1 aromatic carbocycles. The summed E-state index contributed by atoms with van der Waals surface area (Å²) in [7, 11) is 0. The first-order valence-corrected chi connectivity index (χ1v) is 6.25. The first-order valence-electron chi connectivity index (χ1n) is 6.25. The molecular formula is C14H17FN4. The van der Waals surface area contributed by atoms with E-state index in [1.165, 1.54) is 6.07 Å². The Balaban J connectivity index is 2.24. The third-order valence-electron chi connectivity index (χ3n) is 2.70. The fourth-order valence-electron chi connectivity index (χ4n) is 1.79. The zero-order chi connectivity index (χ0) is 13.8. The summed E-state index contributed by atoms with van der Waals surface area (Å²) >= 11 is 0. The molecule has 0 aliphatic heterocycles. The molecule has 1 aromatic heterocycles. The number of benzene rings is 1. The number of nitrogens with zero attached hydrogens (tertiary/aromatic N) is 2. The van der Waals surface area contributed by atoms with E-state index in [0.717, 1.165) is 18.5 Å². The minimum atomic E-state index is -0.223. The van der Waals surface area contributed by atoms with E-state index in [4.69, 9.17) is 5.73 Å². The maximum atomic E-state index is 13.2. The number of hydrogen-bond acceptors (Lipinski definition) is 4. The van der Waals surface area contributed by atoms with Gasteiger partial charge in [-0.3, -0.25) is 0 Å². The molecule has 0 amide bonds. The number of anilines is 3. The van der Waals surface area contributed by atoms with Gasteiger partial charge in [-0.05, 0) is 37.1 Å². The minimum Gasteiger partial charge on any atom is -0.384 e. The van der Waals surface area contributed by atoms with Crippen molar-refractivity contribution in [2.24, 2.45) is 0 Å². The molecule has 5 heteroatoms. The average molecular weight is 260 g/mol. The van der Waals surface area contributed by atoms with Gasteiger partial charge in [0.25, 0.3) is 0 Å². The predicted molar refractivity (Wildman–Crippen MR) is 74.9 cm³/mol. The molecule has 0 bridgehead atoms. The van der Waals surface area contributed by atoms with E-state index in [2.05, 4.69) is 22.2 Å². The molecule has 4 nitrogen and oxygen atoms in total. The molecule has 100 valence electrons. The van der Waals surface area contributed by atoms with Gasteiger partial charge in [-0.2, -0.15) is 0 Å². The molecule has 0 radical (unpaired) electrons. The Labute approximate surface area is 111 Å². The lowest BCUT2D eigenvalue weighted by Crippen LogP contribution is -2.03. The van der Waals surface area contributed by atoms with E-state index in [0.29, 0.717) is 23.0 Å². The van der Waals surface area contributed by atoms with Crippen molar-refractivity contribution in [1.82, 2.24) is 9.97 Å². The number of rotatable bonds is 4. The van der Waals surface area contributed by atoms with E-state index in [1.807, 2.05) is 0 Å². The van der Waals surface area contributed by atoms with Crippen LogP contribution in [0, 0.1) is 12.7 Å². The molecule has 2 aromatic rings. The molecule has 3 N–H and O–H groups in total. The minimum absolute atomic E-state index is 0.223. The summed E-state index contributed by atoms with van der Waals surface area (Å²) in [4.78, 5) is 8.54. The van der Waals surface area contributed by atoms with E-state index in [1.54, 1.807) is 25.1 Å². The van der Waals surface area contributed by atoms with Gasteiger partial charge in [0.2, 0.25) is 0 Å². The van der Waals surface area contributed by atoms with Crippen molar-refractivity contribution in [2.75, 3.05) is 11.1 Å². The third-order valence-corrected chi connectivity index (χ3v) is 2.70. The Bertz CT molecular complexity index is 584. The molecule has 19 heavy (non-hydrogen) atoms. The van der Waals surface area contributed by atoms with Crippen LogP contribution < -0.4 is 11.1 Å². The Morgan fingerprint density at radius 1 is 1.26 bits per heavy atom. The van der Waals surface area contributed by atoms with Gasteiger partial charge in [-0.1, -0.05) is 6.92 Å². The summed E-state index contributed by atoms with van der Waals surface area (Å²) in [6.07, 6.45) is 1.74. The van der Waals surface area contributed by atoms with Crippen LogP contribution in [0.5, 0.6) is 0 Å². The van der Waals surface area contributed by atoms with Crippen LogP contribution in [0.3, 0.4) is 0 Å². The lowest BCUT2D eigenvalue weighted by Gasteiger charge is -2.09. The van der Waals surface area contributed by atoms with Gasteiger partial charge in [-0.15, -0.1) is 0 Å². The average Bonchev–Trinajstić information content (AvgIpc) is 2.33. The van der Waals surface area contributed by atoms with Crippen LogP contribution in [0.25, 0.3) is 0 Å². The van der Waals surface area contributed by atoms with Gasteiger partial charge < -0.3 is 11.1 Å². The summed E-state index contributed by atoms with van der Waals surface area (Å²) < 4.78 is 13.2. The van der Waals surface area contributed by atoms with Crippen LogP contribution in [0.2, 0.25) is 0 Å². The van der Waals surface area contributed by atoms with Crippen LogP contribution in [-0.4, -0.2) is 9.97 Å². The second-order valence-electron chi connectivity index (χ2n) is 4.43. The molecule has 0 aliphatic rings. The number of nitrogen functional groups attached to an aromatic ring is 1. The largest absolute Gasteiger partial charge is 0.384 e. The first kappa shape index (κ1) is 13.3. The van der Waals surface area contributed by atoms with Gasteiger partial charge in [0.15, 0.2) is 0 Å². The van der Waals surface area contributed by atoms with Gasteiger partial charge in [0.1, 0.15) is 23.3 Å². The van der Waals surface area contributed by atoms with Gasteiger partial charge in [-0.25, -0.2) is 14.4 Å². The van der Waals surface area contributed by atoms with Crippen molar-refractivity contribution >= 4 is 17.3 Å². The third kappa shape index (κ3) is 3.40. The normalized spacial score (nSPS) is 10.5. The van der Waals surface area contributed by atoms with Crippen molar-refractivity contribution in [3.05, 3.63) is 41.5 Å². The Morgan fingerprint density at radius 2 is 2.05 bits per heavy atom. The Morgan fingerprint density at radius 3 is 2.74 bits per heavy atom. The van der Waals surface area contributed by atoms with E-state index in [-0.39, 0.29) is 5.82 Å². The number of nitrogens with one attached hydrogen (secondary N) is 1. The van der Waals surface area contributed by atoms with Crippen LogP contribution in [-0.2, 0) is 6.42 Å². The molecule has 0 fully saturated rings. The standard InChI is InChI=1S/C14H17FN4/c1-3-4-13-18-12(16)8-14(19-13)17-10-5-6-11(15)9(2)7-10/h5-8H,3-4H2,1-2H3,(H3,16,17,18,19). The van der Waals surface area contributed by atoms with Gasteiger partial charge in [0, 0.05) is 18.2 Å². The van der Waals surface area contributed by atoms with Crippen LogP contribution in [0.15, 0.2) is 24.3 Å². The van der Waals surface area contributed by atoms with Crippen molar-refractivity contribution in [3.8, 4) is 0 Å². The highest BCUT2D eigenvalue weighted by atomic mass is 19.1. The fraction of sp³-hybridized carbons (Fsp3) is 0.286. The topological polar surface area (TPSA) is 63.8 Å². The second kappa shape index (κ2) is 5.65. The SMILES string of the molecule is CCCc1nc(N)cc(Nc2ccc(F)c(C)c2)n1. The molecule has 0 aliphatic carbocycles. The number of aryl methyl sites for hydroxylation is 2. The summed E-state index contributed by atoms with van der Waals surface area (Å²) in [6.45, 7) is 3.78. The molecule has 0 spiro atoms. The van der Waals surface area contributed by atoms with Crippen LogP contribution in [0.4, 0.5) is 21.7 Å². The fourth-order valence-corrected chi connectivity index (χ4v) is 1.79. The highest BCUT2D eigenvalue weighted by molar-refractivity contribution is 5.59. The molecule has 0 saturated heterocycles. The van der Waals surface area contributed by atoms with Crippen molar-refractivity contribution in [3.63, 3.8) is 0 Å². The highest BCUT2D eigenvalue weighted by Crippen LogP contribution is 2.19. The quantitative estimate of drug-likeness (QED) is 0.886. The first-order chi connectivity index (χ1) is 9.08. The number of halogens is 1. The van der Waals surface area contributed by atoms with Crippen molar-refractivity contribution < 1.29 is 4.39 Å². The van der Waals surface area contributed by atoms with Gasteiger partial charge >= 0.3 is 0 Å². The van der Waals surface area contributed by atoms with Crippen molar-refractivity contribution in [2.45, 2.75) is 26.7 Å². The zero-order valence-electron chi connectivity index (χ0n) is 11.1. The number of nitrogens with two attached hydrogens (primary N) is 1. The molecule has 2 rings (SSSR count). The summed E-state index contributed by atoms with van der Waals surface area (Å²) in [5.41, 5.74) is 7.11. The van der Waals surface area contributed by atoms with Crippen LogP contribution in [0.1, 0.15) is 24.7 Å². The van der Waals surface area contributed by atoms with Crippen molar-refractivity contribution in [1.29, 1.82) is 0 Å². The number of hydrogen-bond donors (Lipinski definition) is 2. The zero-order valence-corrected chi connectivity index (χ0v) is 11.1. The molecule has 0 saturated carbocycles. The summed E-state index contributed by atoms with van der Waals surface area (Å²) in [5, 5.41) is 3.11. The molecule has 1 heterocycles. The summed E-state index contributed by atoms with van der Waals surface area (Å²) in [5.74, 6) is 1.55. The maximum absolute atomic E-state index is 13.2. The predicted octanol–water partition coefficient (Wildman–Crippen LogP) is 3.20. The summed E-state index contributed by atoms with van der Waals surface area (Å²) in [6, 6.07) is 6.49. The Kier molecular flexibility index (Phi) is 3.94. The van der Waals surface area contributed by atoms with E-state index < -0.39 is 0 Å². The van der Waals surface area contributed by atoms with Crippen LogP contribution >= 0.6 is 0 Å².